The Bertz CT molecular complexity index is 495. The second-order valence-corrected chi connectivity index (χ2v) is 7.47. The molecule has 1 aromatic heterocycles. The zero-order valence-electron chi connectivity index (χ0n) is 12.9. The minimum absolute atomic E-state index is 0.0496. The van der Waals surface area contributed by atoms with Crippen LogP contribution in [-0.2, 0) is 11.3 Å². The van der Waals surface area contributed by atoms with Gasteiger partial charge in [0.2, 0.25) is 5.91 Å². The van der Waals surface area contributed by atoms with Gasteiger partial charge in [-0.1, -0.05) is 6.42 Å². The van der Waals surface area contributed by atoms with Crippen LogP contribution in [-0.4, -0.2) is 43.6 Å². The van der Waals surface area contributed by atoms with Gasteiger partial charge in [-0.05, 0) is 41.4 Å². The van der Waals surface area contributed by atoms with E-state index in [4.69, 9.17) is 10.5 Å². The third-order valence-corrected chi connectivity index (χ3v) is 5.84. The Balaban J connectivity index is 1.92. The van der Waals surface area contributed by atoms with Crippen LogP contribution in [0.4, 0.5) is 0 Å². The molecule has 3 N–H and O–H groups in total. The van der Waals surface area contributed by atoms with Gasteiger partial charge in [0.15, 0.2) is 5.06 Å². The van der Waals surface area contributed by atoms with Crippen molar-refractivity contribution in [1.29, 1.82) is 0 Å². The lowest BCUT2D eigenvalue weighted by atomic mass is 10.0. The van der Waals surface area contributed by atoms with Crippen molar-refractivity contribution >= 4 is 33.2 Å². The first-order valence-electron chi connectivity index (χ1n) is 7.67. The quantitative estimate of drug-likeness (QED) is 0.750. The lowest BCUT2D eigenvalue weighted by molar-refractivity contribution is -0.121. The predicted octanol–water partition coefficient (Wildman–Crippen LogP) is 2.34. The van der Waals surface area contributed by atoms with E-state index in [1.165, 1.54) is 17.7 Å². The summed E-state index contributed by atoms with van der Waals surface area (Å²) in [5.74, 6) is 0.0496. The van der Waals surface area contributed by atoms with E-state index >= 15 is 0 Å². The third-order valence-electron chi connectivity index (χ3n) is 3.91. The fraction of sp³-hybridized carbons (Fsp3) is 0.667. The molecule has 2 rings (SSSR count). The molecule has 1 aliphatic heterocycles. The number of likely N-dealkylation sites (tertiary alicyclic amines) is 1. The number of rotatable bonds is 7. The number of halogens is 1. The predicted molar refractivity (Wildman–Crippen MR) is 93.3 cm³/mol. The fourth-order valence-electron chi connectivity index (χ4n) is 2.77. The van der Waals surface area contributed by atoms with E-state index in [-0.39, 0.29) is 5.91 Å². The Kier molecular flexibility index (Phi) is 7.14. The molecular weight excluding hydrogens is 366 g/mol. The Morgan fingerprint density at radius 1 is 1.59 bits per heavy atom. The van der Waals surface area contributed by atoms with Gasteiger partial charge in [0, 0.05) is 37.0 Å². The summed E-state index contributed by atoms with van der Waals surface area (Å²) < 4.78 is 6.35. The highest BCUT2D eigenvalue weighted by molar-refractivity contribution is 9.10. The molecule has 1 atom stereocenters. The molecule has 0 bridgehead atoms. The fourth-order valence-corrected chi connectivity index (χ4v) is 4.48. The van der Waals surface area contributed by atoms with Gasteiger partial charge in [0.25, 0.3) is 0 Å². The van der Waals surface area contributed by atoms with Gasteiger partial charge in [0.05, 0.1) is 11.6 Å². The van der Waals surface area contributed by atoms with Crippen LogP contribution in [0.15, 0.2) is 10.5 Å². The van der Waals surface area contributed by atoms with Crippen LogP contribution in [0.1, 0.15) is 30.6 Å². The highest BCUT2D eigenvalue weighted by atomic mass is 79.9. The van der Waals surface area contributed by atoms with E-state index in [1.54, 1.807) is 18.4 Å². The summed E-state index contributed by atoms with van der Waals surface area (Å²) in [5, 5.41) is 3.92. The maximum Gasteiger partial charge on any atom is 0.221 e. The largest absolute Gasteiger partial charge is 0.486 e. The Morgan fingerprint density at radius 3 is 3.09 bits per heavy atom. The van der Waals surface area contributed by atoms with Crippen molar-refractivity contribution in [3.63, 3.8) is 0 Å². The van der Waals surface area contributed by atoms with Gasteiger partial charge in [-0.2, -0.15) is 0 Å². The molecule has 5 nitrogen and oxygen atoms in total. The Morgan fingerprint density at radius 2 is 2.41 bits per heavy atom. The normalized spacial score (nSPS) is 19.1. The van der Waals surface area contributed by atoms with Crippen LogP contribution in [0.2, 0.25) is 0 Å². The van der Waals surface area contributed by atoms with Crippen molar-refractivity contribution in [1.82, 2.24) is 10.2 Å². The Labute approximate surface area is 144 Å². The summed E-state index contributed by atoms with van der Waals surface area (Å²) >= 11 is 5.20. The van der Waals surface area contributed by atoms with Crippen LogP contribution < -0.4 is 15.8 Å². The Hall–Kier alpha value is -0.630. The molecule has 1 amide bonds. The average Bonchev–Trinajstić information content (AvgIpc) is 2.86. The zero-order chi connectivity index (χ0) is 15.9. The van der Waals surface area contributed by atoms with Crippen molar-refractivity contribution < 1.29 is 9.53 Å². The molecule has 1 saturated heterocycles. The molecule has 1 fully saturated rings. The number of carbonyl (C=O) groups is 1. The molecule has 124 valence electrons. The third kappa shape index (κ3) is 4.94. The number of methoxy groups -OCH3 is 1. The number of thiophene rings is 1. The molecule has 22 heavy (non-hydrogen) atoms. The van der Waals surface area contributed by atoms with Gasteiger partial charge in [-0.3, -0.25) is 9.69 Å². The molecule has 1 aliphatic rings. The van der Waals surface area contributed by atoms with Gasteiger partial charge in [0.1, 0.15) is 0 Å². The van der Waals surface area contributed by atoms with Crippen molar-refractivity contribution in [2.45, 2.75) is 38.3 Å². The summed E-state index contributed by atoms with van der Waals surface area (Å²) in [5.41, 5.74) is 5.41. The maximum absolute atomic E-state index is 11.6. The summed E-state index contributed by atoms with van der Waals surface area (Å²) in [6.45, 7) is 3.10. The number of hydrogen-bond donors (Lipinski definition) is 2. The van der Waals surface area contributed by atoms with E-state index < -0.39 is 0 Å². The molecule has 0 aliphatic carbocycles. The van der Waals surface area contributed by atoms with Crippen molar-refractivity contribution in [2.24, 2.45) is 5.73 Å². The number of piperidine rings is 1. The monoisotopic (exact) mass is 389 g/mol. The van der Waals surface area contributed by atoms with E-state index in [9.17, 15) is 4.79 Å². The summed E-state index contributed by atoms with van der Waals surface area (Å²) in [7, 11) is 1.69. The number of nitrogens with zero attached hydrogens (tertiary/aromatic N) is 1. The number of nitrogens with one attached hydrogen (secondary N) is 1. The standard InChI is InChI=1S/C15H24BrN3O2S/c1-21-15-13(16)8-12(22-15)10-19-7-3-2-4-11(19)9-18-14(20)5-6-17/h8,11H,2-7,9-10,17H2,1H3,(H,18,20). The molecule has 7 heteroatoms. The minimum atomic E-state index is 0.0496. The van der Waals surface area contributed by atoms with Gasteiger partial charge < -0.3 is 15.8 Å². The second-order valence-electron chi connectivity index (χ2n) is 5.52. The van der Waals surface area contributed by atoms with Crippen molar-refractivity contribution in [2.75, 3.05) is 26.7 Å². The highest BCUT2D eigenvalue weighted by Gasteiger charge is 2.23. The number of carbonyl (C=O) groups excluding carboxylic acids is 1. The second kappa shape index (κ2) is 8.86. The SMILES string of the molecule is COc1sc(CN2CCCCC2CNC(=O)CCN)cc1Br. The summed E-state index contributed by atoms with van der Waals surface area (Å²) in [6, 6.07) is 2.53. The number of ether oxygens (including phenoxy) is 1. The zero-order valence-corrected chi connectivity index (χ0v) is 15.3. The molecule has 0 saturated carbocycles. The lowest BCUT2D eigenvalue weighted by Gasteiger charge is -2.35. The first kappa shape index (κ1) is 17.7. The topological polar surface area (TPSA) is 67.6 Å². The van der Waals surface area contributed by atoms with Crippen LogP contribution in [0.3, 0.4) is 0 Å². The van der Waals surface area contributed by atoms with Gasteiger partial charge >= 0.3 is 0 Å². The van der Waals surface area contributed by atoms with Gasteiger partial charge in [-0.15, -0.1) is 11.3 Å². The molecule has 0 spiro atoms. The summed E-state index contributed by atoms with van der Waals surface area (Å²) in [4.78, 5) is 15.4. The van der Waals surface area contributed by atoms with E-state index in [0.717, 1.165) is 29.0 Å². The van der Waals surface area contributed by atoms with Crippen LogP contribution in [0.25, 0.3) is 0 Å². The molecule has 0 radical (unpaired) electrons. The average molecular weight is 390 g/mol. The molecular formula is C15H24BrN3O2S. The first-order chi connectivity index (χ1) is 10.6. The van der Waals surface area contributed by atoms with E-state index in [0.29, 0.717) is 25.6 Å². The number of amides is 1. The highest BCUT2D eigenvalue weighted by Crippen LogP contribution is 2.35. The summed E-state index contributed by atoms with van der Waals surface area (Å²) in [6.07, 6.45) is 3.98. The van der Waals surface area contributed by atoms with Crippen LogP contribution in [0.5, 0.6) is 5.06 Å². The van der Waals surface area contributed by atoms with Crippen molar-refractivity contribution in [3.05, 3.63) is 15.4 Å². The van der Waals surface area contributed by atoms with Crippen LogP contribution >= 0.6 is 27.3 Å². The molecule has 2 heterocycles. The molecule has 1 aromatic rings. The smallest absolute Gasteiger partial charge is 0.221 e. The maximum atomic E-state index is 11.6. The van der Waals surface area contributed by atoms with E-state index in [2.05, 4.69) is 32.2 Å². The van der Waals surface area contributed by atoms with E-state index in [1.807, 2.05) is 0 Å². The lowest BCUT2D eigenvalue weighted by Crippen LogP contribution is -2.46. The van der Waals surface area contributed by atoms with Gasteiger partial charge in [-0.25, -0.2) is 0 Å². The van der Waals surface area contributed by atoms with Crippen LogP contribution in [0, 0.1) is 0 Å². The number of hydrogen-bond acceptors (Lipinski definition) is 5. The van der Waals surface area contributed by atoms with Crippen molar-refractivity contribution in [3.8, 4) is 5.06 Å². The molecule has 1 unspecified atom stereocenters. The first-order valence-corrected chi connectivity index (χ1v) is 9.28. The molecule has 0 aromatic carbocycles. The number of nitrogens with two attached hydrogens (primary N) is 1. The minimum Gasteiger partial charge on any atom is -0.486 e.